The molecule has 0 bridgehead atoms. The van der Waals surface area contributed by atoms with Crippen molar-refractivity contribution in [2.45, 2.75) is 21.9 Å². The summed E-state index contributed by atoms with van der Waals surface area (Å²) in [6.07, 6.45) is -1.95. The molecule has 4 unspecified atom stereocenters. The van der Waals surface area contributed by atoms with Gasteiger partial charge in [0.15, 0.2) is 5.78 Å². The van der Waals surface area contributed by atoms with Gasteiger partial charge in [0.1, 0.15) is 9.65 Å². The number of hydrogen-bond acceptors (Lipinski definition) is 3. The molecule has 0 spiro atoms. The Hall–Kier alpha value is -1.01. The van der Waals surface area contributed by atoms with E-state index in [9.17, 15) is 15.0 Å². The second kappa shape index (κ2) is 8.02. The van der Waals surface area contributed by atoms with Gasteiger partial charge in [-0.05, 0) is 11.1 Å². The molecule has 4 atom stereocenters. The predicted molar refractivity (Wildman–Crippen MR) is 93.2 cm³/mol. The molecular formula is C17H16Br2O3. The van der Waals surface area contributed by atoms with Gasteiger partial charge in [-0.25, -0.2) is 0 Å². The lowest BCUT2D eigenvalue weighted by Crippen LogP contribution is -2.33. The summed E-state index contributed by atoms with van der Waals surface area (Å²) in [6.45, 7) is 0. The summed E-state index contributed by atoms with van der Waals surface area (Å²) >= 11 is 6.49. The summed E-state index contributed by atoms with van der Waals surface area (Å²) in [5.41, 5.74) is 1.29. The number of ketones is 1. The van der Waals surface area contributed by atoms with E-state index in [1.54, 1.807) is 48.5 Å². The summed E-state index contributed by atoms with van der Waals surface area (Å²) in [5, 5.41) is 20.6. The van der Waals surface area contributed by atoms with Gasteiger partial charge < -0.3 is 10.2 Å². The van der Waals surface area contributed by atoms with Crippen LogP contribution in [0, 0.1) is 0 Å². The number of hydrogen-bond donors (Lipinski definition) is 2. The maximum Gasteiger partial charge on any atom is 0.166 e. The first-order chi connectivity index (χ1) is 10.5. The lowest BCUT2D eigenvalue weighted by molar-refractivity contribution is -0.121. The van der Waals surface area contributed by atoms with Gasteiger partial charge in [-0.15, -0.1) is 0 Å². The smallest absolute Gasteiger partial charge is 0.166 e. The molecule has 2 aromatic carbocycles. The third-order valence-electron chi connectivity index (χ3n) is 3.38. The standard InChI is InChI=1S/C17H16Br2O3/c18-13(15(20)11-7-3-1-4-8-11)17(22)14(19)16(21)12-9-5-2-6-10-12/h1-10,13-16,20-21H. The van der Waals surface area contributed by atoms with Crippen LogP contribution in [0.4, 0.5) is 0 Å². The van der Waals surface area contributed by atoms with Crippen molar-refractivity contribution in [3.05, 3.63) is 71.8 Å². The summed E-state index contributed by atoms with van der Waals surface area (Å²) in [4.78, 5) is 10.8. The quantitative estimate of drug-likeness (QED) is 0.693. The van der Waals surface area contributed by atoms with Crippen LogP contribution < -0.4 is 0 Å². The Kier molecular flexibility index (Phi) is 6.32. The number of aliphatic hydroxyl groups is 2. The minimum Gasteiger partial charge on any atom is -0.387 e. The fourth-order valence-electron chi connectivity index (χ4n) is 2.10. The van der Waals surface area contributed by atoms with Gasteiger partial charge in [0.05, 0.1) is 12.2 Å². The maximum atomic E-state index is 12.5. The molecule has 0 amide bonds. The fourth-order valence-corrected chi connectivity index (χ4v) is 3.64. The Bertz CT molecular complexity index is 550. The van der Waals surface area contributed by atoms with Gasteiger partial charge in [-0.3, -0.25) is 4.79 Å². The van der Waals surface area contributed by atoms with Crippen LogP contribution in [0.15, 0.2) is 60.7 Å². The predicted octanol–water partition coefficient (Wildman–Crippen LogP) is 3.55. The van der Waals surface area contributed by atoms with Crippen molar-refractivity contribution in [1.29, 1.82) is 0 Å². The molecule has 0 fully saturated rings. The molecule has 2 N–H and O–H groups in total. The molecule has 2 aromatic rings. The van der Waals surface area contributed by atoms with E-state index >= 15 is 0 Å². The second-order valence-corrected chi connectivity index (χ2v) is 6.89. The first-order valence-electron chi connectivity index (χ1n) is 6.80. The molecule has 22 heavy (non-hydrogen) atoms. The van der Waals surface area contributed by atoms with Gasteiger partial charge in [0, 0.05) is 0 Å². The molecule has 0 aromatic heterocycles. The SMILES string of the molecule is O=C(C(Br)C(O)c1ccccc1)C(Br)C(O)c1ccccc1. The average Bonchev–Trinajstić information content (AvgIpc) is 2.60. The van der Waals surface area contributed by atoms with E-state index in [4.69, 9.17) is 0 Å². The zero-order valence-electron chi connectivity index (χ0n) is 11.6. The molecule has 0 radical (unpaired) electrons. The molecule has 3 nitrogen and oxygen atoms in total. The topological polar surface area (TPSA) is 57.5 Å². The first kappa shape index (κ1) is 17.3. The van der Waals surface area contributed by atoms with E-state index in [2.05, 4.69) is 31.9 Å². The van der Waals surface area contributed by atoms with E-state index in [1.165, 1.54) is 0 Å². The molecule has 2 rings (SSSR count). The third kappa shape index (κ3) is 4.04. The molecule has 116 valence electrons. The van der Waals surface area contributed by atoms with Crippen LogP contribution in [-0.2, 0) is 4.79 Å². The van der Waals surface area contributed by atoms with Crippen molar-refractivity contribution in [1.82, 2.24) is 0 Å². The Morgan fingerprint density at radius 2 is 1.05 bits per heavy atom. The van der Waals surface area contributed by atoms with Crippen molar-refractivity contribution in [3.8, 4) is 0 Å². The monoisotopic (exact) mass is 426 g/mol. The Morgan fingerprint density at radius 1 is 0.727 bits per heavy atom. The van der Waals surface area contributed by atoms with Gasteiger partial charge in [-0.2, -0.15) is 0 Å². The lowest BCUT2D eigenvalue weighted by atomic mass is 9.98. The van der Waals surface area contributed by atoms with Gasteiger partial charge in [-0.1, -0.05) is 92.5 Å². The van der Waals surface area contributed by atoms with Crippen LogP contribution in [0.5, 0.6) is 0 Å². The first-order valence-corrected chi connectivity index (χ1v) is 8.63. The normalized spacial score (nSPS) is 16.5. The van der Waals surface area contributed by atoms with Crippen LogP contribution >= 0.6 is 31.9 Å². The zero-order valence-corrected chi connectivity index (χ0v) is 14.8. The summed E-state index contributed by atoms with van der Waals surface area (Å²) in [5.74, 6) is -0.312. The van der Waals surface area contributed by atoms with E-state index < -0.39 is 21.9 Å². The van der Waals surface area contributed by atoms with E-state index in [0.717, 1.165) is 0 Å². The lowest BCUT2D eigenvalue weighted by Gasteiger charge is -2.22. The van der Waals surface area contributed by atoms with Crippen molar-refractivity contribution in [2.75, 3.05) is 0 Å². The van der Waals surface area contributed by atoms with Crippen LogP contribution in [0.2, 0.25) is 0 Å². The third-order valence-corrected chi connectivity index (χ3v) is 5.28. The highest BCUT2D eigenvalue weighted by molar-refractivity contribution is 9.10. The van der Waals surface area contributed by atoms with Crippen molar-refractivity contribution in [3.63, 3.8) is 0 Å². The van der Waals surface area contributed by atoms with Crippen molar-refractivity contribution >= 4 is 37.6 Å². The zero-order chi connectivity index (χ0) is 16.1. The highest BCUT2D eigenvalue weighted by Gasteiger charge is 2.34. The van der Waals surface area contributed by atoms with Crippen molar-refractivity contribution in [2.24, 2.45) is 0 Å². The minimum atomic E-state index is -0.975. The number of aliphatic hydroxyl groups excluding tert-OH is 2. The molecule has 0 aliphatic heterocycles. The second-order valence-electron chi connectivity index (χ2n) is 4.92. The summed E-state index contributed by atoms with van der Waals surface area (Å²) < 4.78 is 0. The Balaban J connectivity index is 2.10. The van der Waals surface area contributed by atoms with Gasteiger partial charge >= 0.3 is 0 Å². The number of halogens is 2. The van der Waals surface area contributed by atoms with Crippen molar-refractivity contribution < 1.29 is 15.0 Å². The van der Waals surface area contributed by atoms with Gasteiger partial charge in [0.25, 0.3) is 0 Å². The molecular weight excluding hydrogens is 412 g/mol. The largest absolute Gasteiger partial charge is 0.387 e. The number of rotatable bonds is 6. The molecule has 0 saturated carbocycles. The van der Waals surface area contributed by atoms with E-state index in [1.807, 2.05) is 12.1 Å². The van der Waals surface area contributed by atoms with Gasteiger partial charge in [0.2, 0.25) is 0 Å². The van der Waals surface area contributed by atoms with E-state index in [0.29, 0.717) is 11.1 Å². The Labute approximate surface area is 146 Å². The van der Waals surface area contributed by atoms with Crippen LogP contribution in [0.3, 0.4) is 0 Å². The molecule has 0 aliphatic carbocycles. The number of Topliss-reactive ketones (excluding diaryl/α,β-unsaturated/α-hetero) is 1. The summed E-state index contributed by atoms with van der Waals surface area (Å²) in [7, 11) is 0. The Morgan fingerprint density at radius 3 is 1.36 bits per heavy atom. The highest BCUT2D eigenvalue weighted by atomic mass is 79.9. The molecule has 0 heterocycles. The molecule has 5 heteroatoms. The van der Waals surface area contributed by atoms with Crippen LogP contribution in [0.25, 0.3) is 0 Å². The highest BCUT2D eigenvalue weighted by Crippen LogP contribution is 2.30. The molecule has 0 aliphatic rings. The van der Waals surface area contributed by atoms with Crippen LogP contribution in [-0.4, -0.2) is 25.7 Å². The molecule has 0 saturated heterocycles. The summed E-state index contributed by atoms with van der Waals surface area (Å²) in [6, 6.07) is 17.9. The maximum absolute atomic E-state index is 12.5. The van der Waals surface area contributed by atoms with Crippen LogP contribution in [0.1, 0.15) is 23.3 Å². The number of carbonyl (C=O) groups is 1. The number of alkyl halides is 2. The minimum absolute atomic E-state index is 0.312. The van der Waals surface area contributed by atoms with E-state index in [-0.39, 0.29) is 5.78 Å². The number of carbonyl (C=O) groups excluding carboxylic acids is 1. The number of benzene rings is 2. The fraction of sp³-hybridized carbons (Fsp3) is 0.235. The average molecular weight is 428 g/mol.